The third-order valence-electron chi connectivity index (χ3n) is 5.27. The maximum absolute atomic E-state index is 12.4. The van der Waals surface area contributed by atoms with E-state index in [0.29, 0.717) is 28.2 Å². The minimum atomic E-state index is -0.721. The molecule has 0 aliphatic carbocycles. The summed E-state index contributed by atoms with van der Waals surface area (Å²) in [7, 11) is 3.10. The fourth-order valence-electron chi connectivity index (χ4n) is 3.47. The Morgan fingerprint density at radius 3 is 1.87 bits per heavy atom. The van der Waals surface area contributed by atoms with E-state index in [1.54, 1.807) is 31.4 Å². The molecule has 0 saturated carbocycles. The number of benzene rings is 4. The third kappa shape index (κ3) is 8.51. The Labute approximate surface area is 239 Å². The highest BCUT2D eigenvalue weighted by Crippen LogP contribution is 2.32. The summed E-state index contributed by atoms with van der Waals surface area (Å²) in [4.78, 5) is 12.4. The van der Waals surface area contributed by atoms with Gasteiger partial charge in [0, 0.05) is 34.3 Å². The molecule has 0 amide bonds. The van der Waals surface area contributed by atoms with E-state index >= 15 is 0 Å². The van der Waals surface area contributed by atoms with Gasteiger partial charge in [-0.15, -0.1) is 0 Å². The van der Waals surface area contributed by atoms with Crippen LogP contribution in [0, 0.1) is 0 Å². The van der Waals surface area contributed by atoms with Gasteiger partial charge in [-0.1, -0.05) is 98.6 Å². The number of rotatable bonds is 10. The second kappa shape index (κ2) is 15.4. The highest BCUT2D eigenvalue weighted by Gasteiger charge is 2.16. The minimum Gasteiger partial charge on any atom is -0.467 e. The molecule has 0 aliphatic rings. The van der Waals surface area contributed by atoms with E-state index in [4.69, 9.17) is 18.9 Å². The first-order valence-corrected chi connectivity index (χ1v) is 13.2. The largest absolute Gasteiger partial charge is 0.467 e. The average molecular weight is 644 g/mol. The lowest BCUT2D eigenvalue weighted by molar-refractivity contribution is 0.0487. The van der Waals surface area contributed by atoms with Crippen molar-refractivity contribution in [2.75, 3.05) is 27.8 Å². The summed E-state index contributed by atoms with van der Waals surface area (Å²) in [6.45, 7) is 0.247. The van der Waals surface area contributed by atoms with E-state index in [0.717, 1.165) is 14.5 Å². The monoisotopic (exact) mass is 642 g/mol. The number of halogens is 2. The fraction of sp³-hybridized carbons (Fsp3) is 0.167. The molecule has 0 aliphatic heterocycles. The standard InChI is InChI=1S/C15H15BrO3.C15H13BrO3/c2*1-18-10-19-14-9-12(16)7-8-13(14)15(17)11-5-3-2-4-6-11/h2-9,15,17H,10H2,1H3;2-9H,10H2,1H3. The Kier molecular flexibility index (Phi) is 12.0. The number of carbonyl (C=O) groups excluding carboxylic acids is 1. The lowest BCUT2D eigenvalue weighted by Crippen LogP contribution is -2.07. The molecular weight excluding hydrogens is 616 g/mol. The van der Waals surface area contributed by atoms with Crippen LogP contribution < -0.4 is 9.47 Å². The topological polar surface area (TPSA) is 74.2 Å². The maximum Gasteiger partial charge on any atom is 0.196 e. The predicted molar refractivity (Wildman–Crippen MR) is 154 cm³/mol. The van der Waals surface area contributed by atoms with Crippen molar-refractivity contribution in [2.45, 2.75) is 6.10 Å². The molecule has 0 bridgehead atoms. The second-order valence-corrected chi connectivity index (χ2v) is 9.76. The van der Waals surface area contributed by atoms with E-state index in [2.05, 4.69) is 31.9 Å². The molecule has 0 fully saturated rings. The van der Waals surface area contributed by atoms with Gasteiger partial charge in [-0.05, 0) is 35.9 Å². The Morgan fingerprint density at radius 2 is 1.26 bits per heavy atom. The van der Waals surface area contributed by atoms with Gasteiger partial charge in [-0.2, -0.15) is 0 Å². The van der Waals surface area contributed by atoms with Crippen molar-refractivity contribution in [2.24, 2.45) is 0 Å². The van der Waals surface area contributed by atoms with Crippen molar-refractivity contribution in [1.29, 1.82) is 0 Å². The first-order chi connectivity index (χ1) is 18.4. The van der Waals surface area contributed by atoms with Gasteiger partial charge in [0.15, 0.2) is 19.4 Å². The van der Waals surface area contributed by atoms with Crippen molar-refractivity contribution in [1.82, 2.24) is 0 Å². The van der Waals surface area contributed by atoms with Crippen LogP contribution >= 0.6 is 31.9 Å². The lowest BCUT2D eigenvalue weighted by Gasteiger charge is -2.16. The summed E-state index contributed by atoms with van der Waals surface area (Å²) in [5, 5.41) is 10.4. The number of methoxy groups -OCH3 is 2. The van der Waals surface area contributed by atoms with Crippen molar-refractivity contribution in [3.63, 3.8) is 0 Å². The van der Waals surface area contributed by atoms with E-state index in [-0.39, 0.29) is 19.4 Å². The number of ether oxygens (including phenoxy) is 4. The van der Waals surface area contributed by atoms with Crippen molar-refractivity contribution < 1.29 is 28.8 Å². The zero-order valence-corrected chi connectivity index (χ0v) is 24.1. The van der Waals surface area contributed by atoms with E-state index in [9.17, 15) is 9.90 Å². The van der Waals surface area contributed by atoms with Crippen molar-refractivity contribution in [3.05, 3.63) is 128 Å². The van der Waals surface area contributed by atoms with Crippen LogP contribution in [0.4, 0.5) is 0 Å². The summed E-state index contributed by atoms with van der Waals surface area (Å²) in [5.74, 6) is 1.04. The van der Waals surface area contributed by atoms with Crippen LogP contribution in [0.15, 0.2) is 106 Å². The Morgan fingerprint density at radius 1 is 0.737 bits per heavy atom. The molecule has 1 atom stereocenters. The van der Waals surface area contributed by atoms with Gasteiger partial charge in [0.1, 0.15) is 17.6 Å². The molecule has 0 spiro atoms. The van der Waals surface area contributed by atoms with Gasteiger partial charge < -0.3 is 24.1 Å². The molecule has 4 rings (SSSR count). The third-order valence-corrected chi connectivity index (χ3v) is 6.26. The zero-order chi connectivity index (χ0) is 27.3. The van der Waals surface area contributed by atoms with Crippen LogP contribution in [0.2, 0.25) is 0 Å². The van der Waals surface area contributed by atoms with Crippen LogP contribution in [-0.4, -0.2) is 38.7 Å². The highest BCUT2D eigenvalue weighted by molar-refractivity contribution is 9.10. The molecule has 4 aromatic carbocycles. The van der Waals surface area contributed by atoms with Gasteiger partial charge in [-0.3, -0.25) is 4.79 Å². The van der Waals surface area contributed by atoms with Gasteiger partial charge in [0.2, 0.25) is 0 Å². The van der Waals surface area contributed by atoms with Crippen molar-refractivity contribution in [3.8, 4) is 11.5 Å². The second-order valence-electron chi connectivity index (χ2n) is 7.93. The molecule has 0 heterocycles. The smallest absolute Gasteiger partial charge is 0.196 e. The number of aliphatic hydroxyl groups excluding tert-OH is 1. The summed E-state index contributed by atoms with van der Waals surface area (Å²) >= 11 is 6.75. The molecule has 8 heteroatoms. The Balaban J connectivity index is 0.000000211. The van der Waals surface area contributed by atoms with Crippen LogP contribution in [-0.2, 0) is 9.47 Å². The zero-order valence-electron chi connectivity index (χ0n) is 21.0. The molecule has 1 N–H and O–H groups in total. The Hall–Kier alpha value is -3.01. The molecule has 0 aromatic heterocycles. The number of hydrogen-bond donors (Lipinski definition) is 1. The van der Waals surface area contributed by atoms with Crippen molar-refractivity contribution >= 4 is 37.6 Å². The normalized spacial score (nSPS) is 11.2. The molecule has 4 aromatic rings. The lowest BCUT2D eigenvalue weighted by atomic mass is 10.0. The number of ketones is 1. The van der Waals surface area contributed by atoms with E-state index in [1.165, 1.54) is 7.11 Å². The molecule has 198 valence electrons. The summed E-state index contributed by atoms with van der Waals surface area (Å²) in [6.07, 6.45) is -0.721. The summed E-state index contributed by atoms with van der Waals surface area (Å²) in [5.41, 5.74) is 2.69. The van der Waals surface area contributed by atoms with Crippen LogP contribution in [0.3, 0.4) is 0 Å². The quantitative estimate of drug-likeness (QED) is 0.146. The highest BCUT2D eigenvalue weighted by atomic mass is 79.9. The van der Waals surface area contributed by atoms with Gasteiger partial charge in [0.25, 0.3) is 0 Å². The maximum atomic E-state index is 12.4. The van der Waals surface area contributed by atoms with Gasteiger partial charge in [-0.25, -0.2) is 0 Å². The molecule has 38 heavy (non-hydrogen) atoms. The van der Waals surface area contributed by atoms with Crippen LogP contribution in [0.1, 0.15) is 33.2 Å². The summed E-state index contributed by atoms with van der Waals surface area (Å²) in [6, 6.07) is 29.4. The predicted octanol–water partition coefficient (Wildman–Crippen LogP) is 7.18. The van der Waals surface area contributed by atoms with Gasteiger partial charge >= 0.3 is 0 Å². The Bertz CT molecular complexity index is 1300. The van der Waals surface area contributed by atoms with Crippen LogP contribution in [0.25, 0.3) is 0 Å². The number of carbonyl (C=O) groups is 1. The van der Waals surface area contributed by atoms with Gasteiger partial charge in [0.05, 0.1) is 5.56 Å². The number of hydrogen-bond acceptors (Lipinski definition) is 6. The van der Waals surface area contributed by atoms with E-state index in [1.807, 2.05) is 72.8 Å². The molecular formula is C30H28Br2O6. The number of aliphatic hydroxyl groups is 1. The fourth-order valence-corrected chi connectivity index (χ4v) is 4.15. The molecule has 0 saturated heterocycles. The minimum absolute atomic E-state index is 0.0702. The molecule has 6 nitrogen and oxygen atoms in total. The molecule has 1 unspecified atom stereocenters. The van der Waals surface area contributed by atoms with Crippen LogP contribution in [0.5, 0.6) is 11.5 Å². The molecule has 0 radical (unpaired) electrons. The first kappa shape index (κ1) is 29.5. The average Bonchev–Trinajstić information content (AvgIpc) is 2.95. The first-order valence-electron chi connectivity index (χ1n) is 11.6. The van der Waals surface area contributed by atoms with E-state index < -0.39 is 6.10 Å². The SMILES string of the molecule is COCOc1cc(Br)ccc1C(=O)c1ccccc1.COCOc1cc(Br)ccc1C(O)c1ccccc1. The summed E-state index contributed by atoms with van der Waals surface area (Å²) < 4.78 is 22.5.